The first-order chi connectivity index (χ1) is 9.64. The second-order valence-electron chi connectivity index (χ2n) is 5.42. The van der Waals surface area contributed by atoms with E-state index in [2.05, 4.69) is 5.32 Å². The van der Waals surface area contributed by atoms with Gasteiger partial charge in [-0.25, -0.2) is 13.2 Å². The van der Waals surface area contributed by atoms with Crippen LogP contribution in [0.5, 0.6) is 0 Å². The molecule has 0 atom stereocenters. The predicted octanol–water partition coefficient (Wildman–Crippen LogP) is 2.01. The summed E-state index contributed by atoms with van der Waals surface area (Å²) >= 11 is 0. The molecule has 0 saturated carbocycles. The highest BCUT2D eigenvalue weighted by Crippen LogP contribution is 2.12. The number of ether oxygens (including phenoxy) is 1. The van der Waals surface area contributed by atoms with Gasteiger partial charge in [-0.2, -0.15) is 5.26 Å². The van der Waals surface area contributed by atoms with E-state index in [4.69, 9.17) is 10.00 Å². The zero-order chi connectivity index (χ0) is 16.1. The third kappa shape index (κ3) is 5.83. The second-order valence-corrected chi connectivity index (χ2v) is 7.41. The monoisotopic (exact) mass is 310 g/mol. The Hall–Kier alpha value is -2.07. The van der Waals surface area contributed by atoms with Gasteiger partial charge in [-0.3, -0.25) is 0 Å². The van der Waals surface area contributed by atoms with Crippen molar-refractivity contribution in [1.82, 2.24) is 5.32 Å². The minimum absolute atomic E-state index is 0.0880. The number of nitriles is 1. The molecular weight excluding hydrogens is 292 g/mol. The van der Waals surface area contributed by atoms with Gasteiger partial charge in [0.15, 0.2) is 9.84 Å². The fourth-order valence-electron chi connectivity index (χ4n) is 1.47. The zero-order valence-electron chi connectivity index (χ0n) is 12.2. The molecule has 7 heteroatoms. The highest BCUT2D eigenvalue weighted by atomic mass is 32.2. The maximum absolute atomic E-state index is 11.7. The summed E-state index contributed by atoms with van der Waals surface area (Å²) in [5, 5.41) is 11.0. The molecule has 1 aromatic carbocycles. The fraction of sp³-hybridized carbons (Fsp3) is 0.429. The van der Waals surface area contributed by atoms with E-state index in [0.29, 0.717) is 0 Å². The van der Waals surface area contributed by atoms with Crippen LogP contribution in [0.3, 0.4) is 0 Å². The van der Waals surface area contributed by atoms with E-state index in [1.54, 1.807) is 39.0 Å². The molecule has 0 bridgehead atoms. The Morgan fingerprint density at radius 2 is 1.86 bits per heavy atom. The number of benzene rings is 1. The molecule has 1 amide bonds. The first-order valence-corrected chi connectivity index (χ1v) is 7.95. The predicted molar refractivity (Wildman–Crippen MR) is 77.2 cm³/mol. The maximum Gasteiger partial charge on any atom is 0.407 e. The molecule has 0 aromatic heterocycles. The van der Waals surface area contributed by atoms with Crippen LogP contribution < -0.4 is 5.32 Å². The highest BCUT2D eigenvalue weighted by Gasteiger charge is 2.16. The molecule has 0 aliphatic carbocycles. The van der Waals surface area contributed by atoms with Crippen LogP contribution in [-0.4, -0.2) is 25.9 Å². The Balaban J connectivity index is 2.64. The molecule has 0 spiro atoms. The molecule has 1 aromatic rings. The van der Waals surface area contributed by atoms with Crippen molar-refractivity contribution in [3.63, 3.8) is 0 Å². The van der Waals surface area contributed by atoms with Crippen LogP contribution in [0.2, 0.25) is 0 Å². The lowest BCUT2D eigenvalue weighted by Gasteiger charge is -2.19. The fourth-order valence-corrected chi connectivity index (χ4v) is 2.36. The van der Waals surface area contributed by atoms with Crippen molar-refractivity contribution in [2.75, 3.05) is 5.75 Å². The minimum atomic E-state index is -3.56. The van der Waals surface area contributed by atoms with Crippen molar-refractivity contribution in [3.8, 4) is 6.07 Å². The standard InChI is InChI=1S/C14H18N2O4S/c1-14(2,3)20-13(17)16-10-11-4-6-12(7-5-11)21(18,19)9-8-15/h4-7H,9-10H2,1-3H3,(H,16,17). The molecule has 6 nitrogen and oxygen atoms in total. The van der Waals surface area contributed by atoms with E-state index < -0.39 is 27.3 Å². The molecule has 0 fully saturated rings. The molecule has 0 unspecified atom stereocenters. The summed E-state index contributed by atoms with van der Waals surface area (Å²) in [7, 11) is -3.56. The molecule has 1 rings (SSSR count). The van der Waals surface area contributed by atoms with E-state index in [1.165, 1.54) is 12.1 Å². The molecule has 0 aliphatic rings. The minimum Gasteiger partial charge on any atom is -0.444 e. The van der Waals surface area contributed by atoms with Crippen LogP contribution in [0.1, 0.15) is 26.3 Å². The van der Waals surface area contributed by atoms with E-state index in [1.807, 2.05) is 0 Å². The van der Waals surface area contributed by atoms with Gasteiger partial charge in [0.1, 0.15) is 11.4 Å². The Morgan fingerprint density at radius 3 is 2.33 bits per heavy atom. The maximum atomic E-state index is 11.7. The number of amides is 1. The summed E-state index contributed by atoms with van der Waals surface area (Å²) in [4.78, 5) is 11.6. The third-order valence-corrected chi connectivity index (χ3v) is 3.87. The molecule has 0 heterocycles. The number of carbonyl (C=O) groups is 1. The van der Waals surface area contributed by atoms with Gasteiger partial charge in [-0.1, -0.05) is 12.1 Å². The van der Waals surface area contributed by atoms with E-state index in [-0.39, 0.29) is 11.4 Å². The van der Waals surface area contributed by atoms with Gasteiger partial charge in [-0.15, -0.1) is 0 Å². The lowest BCUT2D eigenvalue weighted by molar-refractivity contribution is 0.0523. The smallest absolute Gasteiger partial charge is 0.407 e. The molecule has 114 valence electrons. The molecule has 0 aliphatic heterocycles. The number of carbonyl (C=O) groups excluding carboxylic acids is 1. The topological polar surface area (TPSA) is 96.3 Å². The van der Waals surface area contributed by atoms with Crippen LogP contribution in [0.25, 0.3) is 0 Å². The van der Waals surface area contributed by atoms with Crippen LogP contribution in [0, 0.1) is 11.3 Å². The van der Waals surface area contributed by atoms with Crippen molar-refractivity contribution in [2.45, 2.75) is 37.8 Å². The average molecular weight is 310 g/mol. The molecule has 21 heavy (non-hydrogen) atoms. The second kappa shape index (κ2) is 6.59. The van der Waals surface area contributed by atoms with Crippen LogP contribution in [0.4, 0.5) is 4.79 Å². The molecule has 0 saturated heterocycles. The first-order valence-electron chi connectivity index (χ1n) is 6.29. The number of nitrogens with one attached hydrogen (secondary N) is 1. The number of sulfone groups is 1. The Kier molecular flexibility index (Phi) is 5.33. The Labute approximate surface area is 124 Å². The molecular formula is C14H18N2O4S. The van der Waals surface area contributed by atoms with Crippen molar-refractivity contribution >= 4 is 15.9 Å². The van der Waals surface area contributed by atoms with E-state index in [0.717, 1.165) is 5.56 Å². The summed E-state index contributed by atoms with van der Waals surface area (Å²) < 4.78 is 28.4. The van der Waals surface area contributed by atoms with E-state index in [9.17, 15) is 13.2 Å². The van der Waals surface area contributed by atoms with Gasteiger partial charge in [0.25, 0.3) is 0 Å². The van der Waals surface area contributed by atoms with Gasteiger partial charge in [0.2, 0.25) is 0 Å². The Morgan fingerprint density at radius 1 is 1.29 bits per heavy atom. The lowest BCUT2D eigenvalue weighted by Crippen LogP contribution is -2.32. The zero-order valence-corrected chi connectivity index (χ0v) is 13.0. The van der Waals surface area contributed by atoms with Crippen LogP contribution >= 0.6 is 0 Å². The van der Waals surface area contributed by atoms with Crippen molar-refractivity contribution in [2.24, 2.45) is 0 Å². The SMILES string of the molecule is CC(C)(C)OC(=O)NCc1ccc(S(=O)(=O)CC#N)cc1. The van der Waals surface area contributed by atoms with Crippen molar-refractivity contribution in [3.05, 3.63) is 29.8 Å². The van der Waals surface area contributed by atoms with E-state index >= 15 is 0 Å². The summed E-state index contributed by atoms with van der Waals surface area (Å²) in [6.07, 6.45) is -0.538. The Bertz CT molecular complexity index is 637. The molecule has 0 radical (unpaired) electrons. The van der Waals surface area contributed by atoms with Gasteiger partial charge >= 0.3 is 6.09 Å². The number of hydrogen-bond acceptors (Lipinski definition) is 5. The summed E-state index contributed by atoms with van der Waals surface area (Å²) in [5.74, 6) is -0.553. The number of nitrogens with zero attached hydrogens (tertiary/aromatic N) is 1. The largest absolute Gasteiger partial charge is 0.444 e. The number of rotatable bonds is 4. The average Bonchev–Trinajstić information content (AvgIpc) is 2.35. The van der Waals surface area contributed by atoms with Gasteiger partial charge in [-0.05, 0) is 38.5 Å². The first kappa shape index (κ1) is 17.0. The quantitative estimate of drug-likeness (QED) is 0.917. The van der Waals surface area contributed by atoms with Gasteiger partial charge < -0.3 is 10.1 Å². The summed E-state index contributed by atoms with van der Waals surface area (Å²) in [6, 6.07) is 7.62. The summed E-state index contributed by atoms with van der Waals surface area (Å²) in [5.41, 5.74) is 0.163. The highest BCUT2D eigenvalue weighted by molar-refractivity contribution is 7.91. The molecule has 1 N–H and O–H groups in total. The van der Waals surface area contributed by atoms with Crippen LogP contribution in [-0.2, 0) is 21.1 Å². The van der Waals surface area contributed by atoms with Crippen molar-refractivity contribution < 1.29 is 17.9 Å². The number of hydrogen-bond donors (Lipinski definition) is 1. The summed E-state index contributed by atoms with van der Waals surface area (Å²) in [6.45, 7) is 5.53. The van der Waals surface area contributed by atoms with Gasteiger partial charge in [0.05, 0.1) is 11.0 Å². The lowest BCUT2D eigenvalue weighted by atomic mass is 10.2. The normalized spacial score (nSPS) is 11.5. The number of alkyl carbamates (subject to hydrolysis) is 1. The van der Waals surface area contributed by atoms with Gasteiger partial charge in [0, 0.05) is 6.54 Å². The van der Waals surface area contributed by atoms with Crippen LogP contribution in [0.15, 0.2) is 29.2 Å². The third-order valence-electron chi connectivity index (χ3n) is 2.37. The van der Waals surface area contributed by atoms with Crippen molar-refractivity contribution in [1.29, 1.82) is 5.26 Å².